The van der Waals surface area contributed by atoms with Crippen molar-refractivity contribution in [2.24, 2.45) is 0 Å². The number of nitrogens with zero attached hydrogens (tertiary/aromatic N) is 1. The summed E-state index contributed by atoms with van der Waals surface area (Å²) < 4.78 is 0. The zero-order chi connectivity index (χ0) is 5.28. The highest BCUT2D eigenvalue weighted by Crippen LogP contribution is 2.09. The highest BCUT2D eigenvalue weighted by atomic mass is 32.1. The lowest BCUT2D eigenvalue weighted by molar-refractivity contribution is 1.15. The van der Waals surface area contributed by atoms with E-state index in [0.29, 0.717) is 0 Å². The van der Waals surface area contributed by atoms with Gasteiger partial charge in [-0.2, -0.15) is 0 Å². The SMILES string of the molecule is Cc1nc(S)cs1. The van der Waals surface area contributed by atoms with Gasteiger partial charge in [-0.25, -0.2) is 4.98 Å². The van der Waals surface area contributed by atoms with Gasteiger partial charge in [0, 0.05) is 5.38 Å². The van der Waals surface area contributed by atoms with Crippen molar-refractivity contribution < 1.29 is 0 Å². The molecule has 3 heteroatoms. The molecule has 0 aliphatic carbocycles. The van der Waals surface area contributed by atoms with Crippen molar-refractivity contribution in [2.75, 3.05) is 0 Å². The number of hydrogen-bond donors (Lipinski definition) is 1. The van der Waals surface area contributed by atoms with Gasteiger partial charge in [-0.05, 0) is 6.92 Å². The quantitative estimate of drug-likeness (QED) is 0.529. The Morgan fingerprint density at radius 1 is 1.86 bits per heavy atom. The molecule has 0 amide bonds. The number of thiol groups is 1. The summed E-state index contributed by atoms with van der Waals surface area (Å²) in [5, 5.41) is 3.81. The molecule has 0 radical (unpaired) electrons. The van der Waals surface area contributed by atoms with Gasteiger partial charge in [-0.1, -0.05) is 0 Å². The van der Waals surface area contributed by atoms with E-state index in [4.69, 9.17) is 0 Å². The minimum Gasteiger partial charge on any atom is -0.235 e. The average molecular weight is 131 g/mol. The molecule has 38 valence electrons. The van der Waals surface area contributed by atoms with Gasteiger partial charge in [0.15, 0.2) is 0 Å². The molecule has 0 aliphatic rings. The van der Waals surface area contributed by atoms with Crippen molar-refractivity contribution in [2.45, 2.75) is 11.9 Å². The van der Waals surface area contributed by atoms with Crippen LogP contribution < -0.4 is 0 Å². The number of aromatic nitrogens is 1. The molecule has 0 bridgehead atoms. The third-order valence-corrected chi connectivity index (χ3v) is 1.78. The van der Waals surface area contributed by atoms with Crippen LogP contribution in [0.2, 0.25) is 0 Å². The summed E-state index contributed by atoms with van der Waals surface area (Å²) in [4.78, 5) is 3.99. The van der Waals surface area contributed by atoms with Gasteiger partial charge in [-0.15, -0.1) is 24.0 Å². The Hall–Kier alpha value is -0.0200. The van der Waals surface area contributed by atoms with Crippen LogP contribution in [0.4, 0.5) is 0 Å². The summed E-state index contributed by atoms with van der Waals surface area (Å²) >= 11 is 5.62. The molecule has 7 heavy (non-hydrogen) atoms. The fourth-order valence-corrected chi connectivity index (χ4v) is 1.21. The second-order valence-electron chi connectivity index (χ2n) is 1.22. The Labute approximate surface area is 51.8 Å². The second-order valence-corrected chi connectivity index (χ2v) is 2.75. The van der Waals surface area contributed by atoms with Crippen LogP contribution in [-0.2, 0) is 0 Å². The average Bonchev–Trinajstić information content (AvgIpc) is 1.87. The fraction of sp³-hybridized carbons (Fsp3) is 0.250. The molecule has 0 aromatic carbocycles. The molecule has 0 atom stereocenters. The van der Waals surface area contributed by atoms with Gasteiger partial charge in [0.1, 0.15) is 5.03 Å². The molecule has 1 nitrogen and oxygen atoms in total. The van der Waals surface area contributed by atoms with Crippen molar-refractivity contribution in [3.8, 4) is 0 Å². The third-order valence-electron chi connectivity index (χ3n) is 0.607. The van der Waals surface area contributed by atoms with Gasteiger partial charge in [0.25, 0.3) is 0 Å². The molecule has 1 aromatic heterocycles. The first-order chi connectivity index (χ1) is 3.29. The summed E-state index contributed by atoms with van der Waals surface area (Å²) in [6, 6.07) is 0. The minimum atomic E-state index is 0.822. The van der Waals surface area contributed by atoms with E-state index in [2.05, 4.69) is 17.6 Å². The molecule has 0 saturated heterocycles. The summed E-state index contributed by atoms with van der Waals surface area (Å²) in [5.41, 5.74) is 0. The van der Waals surface area contributed by atoms with E-state index >= 15 is 0 Å². The van der Waals surface area contributed by atoms with Crippen LogP contribution in [0.3, 0.4) is 0 Å². The van der Waals surface area contributed by atoms with E-state index in [0.717, 1.165) is 10.0 Å². The normalized spacial score (nSPS) is 9.43. The molecule has 0 N–H and O–H groups in total. The Morgan fingerprint density at radius 2 is 2.57 bits per heavy atom. The summed E-state index contributed by atoms with van der Waals surface area (Å²) in [6.45, 7) is 1.96. The first-order valence-corrected chi connectivity index (χ1v) is 3.23. The Kier molecular flexibility index (Phi) is 1.35. The van der Waals surface area contributed by atoms with Crippen LogP contribution in [-0.4, -0.2) is 4.98 Å². The van der Waals surface area contributed by atoms with Crippen molar-refractivity contribution >= 4 is 24.0 Å². The van der Waals surface area contributed by atoms with E-state index in [9.17, 15) is 0 Å². The standard InChI is InChI=1S/C4H5NS2/c1-3-5-4(6)2-7-3/h2,6H,1H3. The monoisotopic (exact) mass is 131 g/mol. The summed E-state index contributed by atoms with van der Waals surface area (Å²) in [6.07, 6.45) is 0. The van der Waals surface area contributed by atoms with Crippen LogP contribution in [0.1, 0.15) is 5.01 Å². The van der Waals surface area contributed by atoms with Crippen LogP contribution >= 0.6 is 24.0 Å². The van der Waals surface area contributed by atoms with Crippen LogP contribution in [0.5, 0.6) is 0 Å². The zero-order valence-corrected chi connectivity index (χ0v) is 5.59. The van der Waals surface area contributed by atoms with Gasteiger partial charge in [0.05, 0.1) is 5.01 Å². The van der Waals surface area contributed by atoms with E-state index in [-0.39, 0.29) is 0 Å². The molecular formula is C4H5NS2. The molecule has 0 saturated carbocycles. The lowest BCUT2D eigenvalue weighted by Crippen LogP contribution is -1.62. The van der Waals surface area contributed by atoms with E-state index in [1.54, 1.807) is 11.3 Å². The van der Waals surface area contributed by atoms with Crippen LogP contribution in [0, 0.1) is 6.92 Å². The number of hydrogen-bond acceptors (Lipinski definition) is 3. The highest BCUT2D eigenvalue weighted by molar-refractivity contribution is 7.80. The van der Waals surface area contributed by atoms with Crippen molar-refractivity contribution in [1.29, 1.82) is 0 Å². The van der Waals surface area contributed by atoms with Crippen LogP contribution in [0.25, 0.3) is 0 Å². The Morgan fingerprint density at radius 3 is 2.71 bits per heavy atom. The highest BCUT2D eigenvalue weighted by Gasteiger charge is 1.86. The lowest BCUT2D eigenvalue weighted by Gasteiger charge is -1.70. The van der Waals surface area contributed by atoms with E-state index < -0.39 is 0 Å². The maximum atomic E-state index is 4.00. The number of rotatable bonds is 0. The predicted octanol–water partition coefficient (Wildman–Crippen LogP) is 1.74. The first-order valence-electron chi connectivity index (χ1n) is 1.90. The molecule has 1 rings (SSSR count). The van der Waals surface area contributed by atoms with Crippen molar-refractivity contribution in [3.63, 3.8) is 0 Å². The first kappa shape index (κ1) is 5.12. The Balaban J connectivity index is 3.04. The van der Waals surface area contributed by atoms with Gasteiger partial charge < -0.3 is 0 Å². The maximum Gasteiger partial charge on any atom is 0.104 e. The minimum absolute atomic E-state index is 0.822. The maximum absolute atomic E-state index is 4.00. The molecule has 0 aliphatic heterocycles. The van der Waals surface area contributed by atoms with Gasteiger partial charge in [-0.3, -0.25) is 0 Å². The molecule has 0 fully saturated rings. The molecule has 0 spiro atoms. The molecule has 1 aromatic rings. The fourth-order valence-electron chi connectivity index (χ4n) is 0.352. The predicted molar refractivity (Wildman–Crippen MR) is 34.1 cm³/mol. The van der Waals surface area contributed by atoms with E-state index in [1.165, 1.54) is 0 Å². The largest absolute Gasteiger partial charge is 0.235 e. The van der Waals surface area contributed by atoms with Gasteiger partial charge >= 0.3 is 0 Å². The summed E-state index contributed by atoms with van der Waals surface area (Å²) in [5.74, 6) is 0. The van der Waals surface area contributed by atoms with Crippen LogP contribution in [0.15, 0.2) is 10.4 Å². The smallest absolute Gasteiger partial charge is 0.104 e. The molecule has 1 heterocycles. The molecular weight excluding hydrogens is 126 g/mol. The van der Waals surface area contributed by atoms with E-state index in [1.807, 2.05) is 12.3 Å². The third kappa shape index (κ3) is 1.17. The lowest BCUT2D eigenvalue weighted by atomic mass is 10.8. The molecule has 0 unspecified atom stereocenters. The number of thiazole rings is 1. The second kappa shape index (κ2) is 1.84. The van der Waals surface area contributed by atoms with Gasteiger partial charge in [0.2, 0.25) is 0 Å². The van der Waals surface area contributed by atoms with Crippen molar-refractivity contribution in [1.82, 2.24) is 4.98 Å². The number of aryl methyl sites for hydroxylation is 1. The Bertz CT molecular complexity index is 142. The van der Waals surface area contributed by atoms with Crippen molar-refractivity contribution in [3.05, 3.63) is 10.4 Å². The topological polar surface area (TPSA) is 12.9 Å². The summed E-state index contributed by atoms with van der Waals surface area (Å²) in [7, 11) is 0. The zero-order valence-electron chi connectivity index (χ0n) is 3.88.